The van der Waals surface area contributed by atoms with Crippen molar-refractivity contribution in [2.45, 2.75) is 19.8 Å². The number of nitrogens with two attached hydrogens (primary N) is 1. The Morgan fingerprint density at radius 2 is 1.82 bits per heavy atom. The Morgan fingerprint density at radius 3 is 2.50 bits per heavy atom. The van der Waals surface area contributed by atoms with Gasteiger partial charge in [0.15, 0.2) is 0 Å². The number of nitrogens with zero attached hydrogens (tertiary/aromatic N) is 5. The molecular formula is C25H31N7O2. The van der Waals surface area contributed by atoms with Gasteiger partial charge in [-0.3, -0.25) is 4.79 Å². The molecular weight excluding hydrogens is 430 g/mol. The summed E-state index contributed by atoms with van der Waals surface area (Å²) in [7, 11) is 0. The molecule has 178 valence electrons. The molecule has 3 N–H and O–H groups in total. The molecule has 0 radical (unpaired) electrons. The number of rotatable bonds is 6. The summed E-state index contributed by atoms with van der Waals surface area (Å²) in [6.07, 6.45) is 5.48. The summed E-state index contributed by atoms with van der Waals surface area (Å²) in [4.78, 5) is 27.7. The monoisotopic (exact) mass is 461 g/mol. The third kappa shape index (κ3) is 4.46. The molecule has 9 nitrogen and oxygen atoms in total. The van der Waals surface area contributed by atoms with Crippen LogP contribution in [-0.2, 0) is 17.6 Å². The highest BCUT2D eigenvalue weighted by Gasteiger charge is 2.28. The molecule has 2 aliphatic rings. The normalized spacial score (nSPS) is 15.9. The van der Waals surface area contributed by atoms with Crippen LogP contribution in [-0.4, -0.2) is 66.3 Å². The number of fused-ring (bicyclic) bond motifs is 1. The Bertz CT molecular complexity index is 1120. The smallest absolute Gasteiger partial charge is 0.323 e. The maximum absolute atomic E-state index is 12.0. The van der Waals surface area contributed by atoms with E-state index in [4.69, 9.17) is 20.9 Å². The lowest BCUT2D eigenvalue weighted by molar-refractivity contribution is -0.126. The Balaban J connectivity index is 1.65. The molecule has 4 rings (SSSR count). The summed E-state index contributed by atoms with van der Waals surface area (Å²) in [5.74, 6) is 0.804. The summed E-state index contributed by atoms with van der Waals surface area (Å²) in [6.45, 7) is 13.3. The van der Waals surface area contributed by atoms with Crippen LogP contribution >= 0.6 is 0 Å². The highest BCUT2D eigenvalue weighted by atomic mass is 16.5. The van der Waals surface area contributed by atoms with Crippen molar-refractivity contribution in [1.29, 1.82) is 5.41 Å². The third-order valence-electron chi connectivity index (χ3n) is 6.47. The van der Waals surface area contributed by atoms with Crippen LogP contribution in [0.2, 0.25) is 0 Å². The highest BCUT2D eigenvalue weighted by molar-refractivity contribution is 5.94. The second kappa shape index (κ2) is 9.94. The van der Waals surface area contributed by atoms with Crippen molar-refractivity contribution >= 4 is 29.3 Å². The number of aromatic nitrogens is 2. The van der Waals surface area contributed by atoms with Gasteiger partial charge >= 0.3 is 6.01 Å². The van der Waals surface area contributed by atoms with Crippen LogP contribution in [0.5, 0.6) is 6.01 Å². The predicted octanol–water partition coefficient (Wildman–Crippen LogP) is 2.33. The lowest BCUT2D eigenvalue weighted by Gasteiger charge is -2.36. The van der Waals surface area contributed by atoms with Crippen molar-refractivity contribution < 1.29 is 9.53 Å². The molecule has 1 aromatic carbocycles. The van der Waals surface area contributed by atoms with Gasteiger partial charge in [0.2, 0.25) is 5.91 Å². The fourth-order valence-corrected chi connectivity index (χ4v) is 4.74. The van der Waals surface area contributed by atoms with E-state index in [2.05, 4.69) is 27.9 Å². The van der Waals surface area contributed by atoms with Gasteiger partial charge in [-0.25, -0.2) is 0 Å². The van der Waals surface area contributed by atoms with Gasteiger partial charge in [0.05, 0.1) is 17.6 Å². The van der Waals surface area contributed by atoms with Crippen LogP contribution in [0.3, 0.4) is 0 Å². The first-order valence-corrected chi connectivity index (χ1v) is 11.4. The van der Waals surface area contributed by atoms with E-state index in [1.54, 1.807) is 4.90 Å². The van der Waals surface area contributed by atoms with Gasteiger partial charge in [0.25, 0.3) is 0 Å². The molecule has 0 saturated carbocycles. The van der Waals surface area contributed by atoms with Crippen molar-refractivity contribution in [2.75, 3.05) is 54.8 Å². The molecule has 9 heteroatoms. The second-order valence-corrected chi connectivity index (χ2v) is 8.42. The average molecular weight is 462 g/mol. The molecule has 1 saturated heterocycles. The van der Waals surface area contributed by atoms with Crippen LogP contribution in [0, 0.1) is 12.3 Å². The van der Waals surface area contributed by atoms with Crippen molar-refractivity contribution in [3.63, 3.8) is 0 Å². The number of aryl methyl sites for hydroxylation is 1. The molecule has 1 aromatic heterocycles. The molecule has 0 spiro atoms. The van der Waals surface area contributed by atoms with Crippen molar-refractivity contribution in [3.8, 4) is 6.01 Å². The molecule has 0 aliphatic carbocycles. The minimum absolute atomic E-state index is 0.0491. The number of nitrogen functional groups attached to an aromatic ring is 1. The first-order valence-electron chi connectivity index (χ1n) is 11.4. The first kappa shape index (κ1) is 23.3. The van der Waals surface area contributed by atoms with Gasteiger partial charge in [-0.1, -0.05) is 19.2 Å². The minimum Gasteiger partial charge on any atom is -0.433 e. The standard InChI is InChI=1S/C25H31N7O2/c1-4-22(33)30-12-14-32(15-13-30)24-18-8-10-31(11-9-21(18)28-25(29-24)34-5-2)23-17(3)6-7-20(27)19(23)16-26/h4-7,16,26H,1-2,8-15,27H2,3H3. The number of ether oxygens (including phenoxy) is 1. The summed E-state index contributed by atoms with van der Waals surface area (Å²) >= 11 is 0. The molecule has 0 bridgehead atoms. The number of nitrogens with one attached hydrogen (secondary N) is 1. The minimum atomic E-state index is -0.0491. The summed E-state index contributed by atoms with van der Waals surface area (Å²) < 4.78 is 5.48. The van der Waals surface area contributed by atoms with E-state index >= 15 is 0 Å². The van der Waals surface area contributed by atoms with Crippen molar-refractivity contribution in [3.05, 3.63) is 60.0 Å². The van der Waals surface area contributed by atoms with Crippen LogP contribution in [0.1, 0.15) is 22.4 Å². The van der Waals surface area contributed by atoms with Crippen LogP contribution < -0.4 is 20.3 Å². The molecule has 1 fully saturated rings. The highest BCUT2D eigenvalue weighted by Crippen LogP contribution is 2.33. The van der Waals surface area contributed by atoms with Gasteiger partial charge in [-0.05, 0) is 31.1 Å². The molecule has 0 atom stereocenters. The number of benzene rings is 1. The predicted molar refractivity (Wildman–Crippen MR) is 135 cm³/mol. The number of amides is 1. The lowest BCUT2D eigenvalue weighted by Crippen LogP contribution is -2.49. The van der Waals surface area contributed by atoms with E-state index in [0.717, 1.165) is 53.4 Å². The van der Waals surface area contributed by atoms with Crippen LogP contribution in [0.4, 0.5) is 17.2 Å². The average Bonchev–Trinajstić information content (AvgIpc) is 3.07. The second-order valence-electron chi connectivity index (χ2n) is 8.42. The fourth-order valence-electron chi connectivity index (χ4n) is 4.74. The number of carbonyl (C=O) groups is 1. The van der Waals surface area contributed by atoms with Gasteiger partial charge < -0.3 is 30.6 Å². The van der Waals surface area contributed by atoms with Gasteiger partial charge in [0, 0.05) is 68.7 Å². The first-order chi connectivity index (χ1) is 16.5. The zero-order valence-corrected chi connectivity index (χ0v) is 19.6. The Kier molecular flexibility index (Phi) is 6.81. The summed E-state index contributed by atoms with van der Waals surface area (Å²) in [5.41, 5.74) is 11.7. The molecule has 2 aliphatic heterocycles. The molecule has 34 heavy (non-hydrogen) atoms. The van der Waals surface area contributed by atoms with Crippen molar-refractivity contribution in [1.82, 2.24) is 14.9 Å². The van der Waals surface area contributed by atoms with Crippen LogP contribution in [0.15, 0.2) is 37.6 Å². The van der Waals surface area contributed by atoms with Gasteiger partial charge in [-0.2, -0.15) is 9.97 Å². The van der Waals surface area contributed by atoms with E-state index in [9.17, 15) is 4.79 Å². The number of carbonyl (C=O) groups excluding carboxylic acids is 1. The number of anilines is 3. The van der Waals surface area contributed by atoms with E-state index in [1.165, 1.54) is 18.6 Å². The van der Waals surface area contributed by atoms with Gasteiger partial charge in [-0.15, -0.1) is 0 Å². The van der Waals surface area contributed by atoms with E-state index in [0.29, 0.717) is 38.3 Å². The van der Waals surface area contributed by atoms with Gasteiger partial charge in [0.1, 0.15) is 5.82 Å². The zero-order valence-electron chi connectivity index (χ0n) is 19.6. The fraction of sp³-hybridized carbons (Fsp3) is 0.360. The third-order valence-corrected chi connectivity index (χ3v) is 6.47. The number of piperazine rings is 1. The largest absolute Gasteiger partial charge is 0.433 e. The molecule has 3 heterocycles. The maximum Gasteiger partial charge on any atom is 0.323 e. The summed E-state index contributed by atoms with van der Waals surface area (Å²) in [6, 6.07) is 4.13. The Labute approximate surface area is 200 Å². The van der Waals surface area contributed by atoms with E-state index < -0.39 is 0 Å². The molecule has 1 amide bonds. The molecule has 2 aromatic rings. The number of hydrogen-bond donors (Lipinski definition) is 2. The molecule has 0 unspecified atom stereocenters. The SMILES string of the molecule is C=COc1nc2c(c(N3CCN(C(=O)C=C)CC3)n1)CCN(c1c(C)ccc(N)c1C=N)CC2. The number of hydrogen-bond acceptors (Lipinski definition) is 8. The Hall–Kier alpha value is -3.88. The summed E-state index contributed by atoms with van der Waals surface area (Å²) in [5, 5.41) is 7.91. The maximum atomic E-state index is 12.0. The zero-order chi connectivity index (χ0) is 24.2. The lowest BCUT2D eigenvalue weighted by atomic mass is 10.0. The quantitative estimate of drug-likeness (QED) is 0.294. The topological polar surface area (TPSA) is 112 Å². The van der Waals surface area contributed by atoms with Crippen LogP contribution in [0.25, 0.3) is 0 Å². The van der Waals surface area contributed by atoms with Crippen molar-refractivity contribution in [2.24, 2.45) is 0 Å². The van der Waals surface area contributed by atoms with E-state index in [-0.39, 0.29) is 11.9 Å². The Morgan fingerprint density at radius 1 is 1.09 bits per heavy atom. The van der Waals surface area contributed by atoms with E-state index in [1.807, 2.05) is 19.1 Å².